The van der Waals surface area contributed by atoms with E-state index in [-0.39, 0.29) is 9.92 Å². The van der Waals surface area contributed by atoms with Gasteiger partial charge in [-0.25, -0.2) is 8.78 Å². The molecule has 0 unspecified atom stereocenters. The lowest BCUT2D eigenvalue weighted by Gasteiger charge is -2.11. The van der Waals surface area contributed by atoms with Crippen LogP contribution < -0.4 is 14.2 Å². The molecular weight excluding hydrogens is 332 g/mol. The van der Waals surface area contributed by atoms with Crippen molar-refractivity contribution in [3.63, 3.8) is 0 Å². The summed E-state index contributed by atoms with van der Waals surface area (Å²) in [5.41, 5.74) is 0.879. The van der Waals surface area contributed by atoms with Crippen LogP contribution >= 0.6 is 23.5 Å². The number of hydrogen-bond acceptors (Lipinski definition) is 4. The summed E-state index contributed by atoms with van der Waals surface area (Å²) < 4.78 is 40.1. The van der Waals surface area contributed by atoms with Crippen LogP contribution in [0.2, 0.25) is 5.02 Å². The fraction of sp³-hybridized carbons (Fsp3) is 0.200. The normalized spacial score (nSPS) is 10.6. The van der Waals surface area contributed by atoms with Crippen molar-refractivity contribution in [2.75, 3.05) is 14.2 Å². The van der Waals surface area contributed by atoms with Gasteiger partial charge < -0.3 is 9.47 Å². The van der Waals surface area contributed by atoms with E-state index in [0.29, 0.717) is 18.0 Å². The van der Waals surface area contributed by atoms with Crippen molar-refractivity contribution in [3.05, 3.63) is 52.6 Å². The molecule has 0 bridgehead atoms. The Morgan fingerprint density at radius 2 is 1.86 bits per heavy atom. The molecule has 0 aliphatic rings. The third-order valence-corrected chi connectivity index (χ3v) is 4.02. The maximum atomic E-state index is 13.6. The largest absolute Gasteiger partial charge is 0.497 e. The number of benzene rings is 2. The summed E-state index contributed by atoms with van der Waals surface area (Å²) >= 11 is 6.68. The molecule has 0 fully saturated rings. The van der Waals surface area contributed by atoms with Crippen molar-refractivity contribution < 1.29 is 18.3 Å². The zero-order valence-electron chi connectivity index (χ0n) is 12.0. The van der Waals surface area contributed by atoms with Crippen LogP contribution in [0.5, 0.6) is 11.5 Å². The van der Waals surface area contributed by atoms with E-state index in [0.717, 1.165) is 23.6 Å². The first kappa shape index (κ1) is 16.9. The van der Waals surface area contributed by atoms with Crippen molar-refractivity contribution in [3.8, 4) is 11.5 Å². The van der Waals surface area contributed by atoms with E-state index in [1.807, 2.05) is 6.07 Å². The van der Waals surface area contributed by atoms with E-state index >= 15 is 0 Å². The molecule has 0 aliphatic carbocycles. The summed E-state index contributed by atoms with van der Waals surface area (Å²) in [6, 6.07) is 7.42. The molecule has 0 radical (unpaired) electrons. The van der Waals surface area contributed by atoms with Gasteiger partial charge in [0.15, 0.2) is 0 Å². The SMILES string of the molecule is COc1ccc(CNSc2cc(Cl)c(F)cc2F)c(OC)c1. The molecular formula is C15H14ClF2NO2S. The number of rotatable bonds is 6. The quantitative estimate of drug-likeness (QED) is 0.619. The highest BCUT2D eigenvalue weighted by atomic mass is 35.5. The van der Waals surface area contributed by atoms with Crippen LogP contribution in [-0.4, -0.2) is 14.2 Å². The average molecular weight is 346 g/mol. The van der Waals surface area contributed by atoms with Gasteiger partial charge in [0.25, 0.3) is 0 Å². The van der Waals surface area contributed by atoms with Crippen LogP contribution in [-0.2, 0) is 6.54 Å². The van der Waals surface area contributed by atoms with Crippen molar-refractivity contribution in [1.82, 2.24) is 4.72 Å². The molecule has 0 saturated heterocycles. The van der Waals surface area contributed by atoms with Gasteiger partial charge in [-0.05, 0) is 24.1 Å². The summed E-state index contributed by atoms with van der Waals surface area (Å²) in [4.78, 5) is 0.221. The monoisotopic (exact) mass is 345 g/mol. The van der Waals surface area contributed by atoms with Crippen LogP contribution in [0, 0.1) is 11.6 Å². The van der Waals surface area contributed by atoms with Gasteiger partial charge in [-0.1, -0.05) is 17.7 Å². The molecule has 2 aromatic carbocycles. The maximum Gasteiger partial charge on any atom is 0.144 e. The average Bonchev–Trinajstić information content (AvgIpc) is 2.52. The first-order valence-electron chi connectivity index (χ1n) is 6.30. The second-order valence-corrected chi connectivity index (χ2v) is 5.64. The van der Waals surface area contributed by atoms with E-state index < -0.39 is 11.6 Å². The van der Waals surface area contributed by atoms with Crippen molar-refractivity contribution in [2.45, 2.75) is 11.4 Å². The molecule has 0 amide bonds. The summed E-state index contributed by atoms with van der Waals surface area (Å²) in [7, 11) is 3.13. The van der Waals surface area contributed by atoms with Gasteiger partial charge in [-0.15, -0.1) is 0 Å². The van der Waals surface area contributed by atoms with Gasteiger partial charge in [-0.3, -0.25) is 4.72 Å². The van der Waals surface area contributed by atoms with Crippen LogP contribution in [0.15, 0.2) is 35.2 Å². The van der Waals surface area contributed by atoms with Gasteiger partial charge in [-0.2, -0.15) is 0 Å². The predicted molar refractivity (Wildman–Crippen MR) is 83.6 cm³/mol. The van der Waals surface area contributed by atoms with E-state index in [4.69, 9.17) is 21.1 Å². The van der Waals surface area contributed by atoms with Gasteiger partial charge in [0, 0.05) is 24.2 Å². The third kappa shape index (κ3) is 4.03. The highest BCUT2D eigenvalue weighted by molar-refractivity contribution is 7.97. The second kappa shape index (κ2) is 7.67. The zero-order chi connectivity index (χ0) is 16.1. The Morgan fingerprint density at radius 1 is 1.09 bits per heavy atom. The number of nitrogens with one attached hydrogen (secondary N) is 1. The molecule has 7 heteroatoms. The fourth-order valence-electron chi connectivity index (χ4n) is 1.77. The molecule has 22 heavy (non-hydrogen) atoms. The highest BCUT2D eigenvalue weighted by Gasteiger charge is 2.10. The number of ether oxygens (including phenoxy) is 2. The lowest BCUT2D eigenvalue weighted by Crippen LogP contribution is -2.05. The maximum absolute atomic E-state index is 13.6. The van der Waals surface area contributed by atoms with Crippen molar-refractivity contribution in [1.29, 1.82) is 0 Å². The zero-order valence-corrected chi connectivity index (χ0v) is 13.5. The molecule has 2 aromatic rings. The standard InChI is InChI=1S/C15H14ClF2NO2S/c1-20-10-4-3-9(14(5-10)21-2)8-19-22-15-6-11(16)12(17)7-13(15)18/h3-7,19H,8H2,1-2H3. The van der Waals surface area contributed by atoms with Gasteiger partial charge in [0.1, 0.15) is 23.1 Å². The van der Waals surface area contributed by atoms with Crippen molar-refractivity contribution in [2.24, 2.45) is 0 Å². The molecule has 0 spiro atoms. The minimum absolute atomic E-state index is 0.118. The summed E-state index contributed by atoms with van der Waals surface area (Å²) in [5.74, 6) is -0.101. The Kier molecular flexibility index (Phi) is 5.88. The topological polar surface area (TPSA) is 30.5 Å². The molecule has 3 nitrogen and oxygen atoms in total. The molecule has 1 N–H and O–H groups in total. The molecule has 0 heterocycles. The third-order valence-electron chi connectivity index (χ3n) is 2.91. The molecule has 0 atom stereocenters. The minimum atomic E-state index is -0.777. The fourth-order valence-corrected chi connectivity index (χ4v) is 2.72. The van der Waals surface area contributed by atoms with Crippen LogP contribution in [0.25, 0.3) is 0 Å². The number of hydrogen-bond donors (Lipinski definition) is 1. The van der Waals surface area contributed by atoms with E-state index in [1.54, 1.807) is 26.4 Å². The molecule has 118 valence electrons. The lowest BCUT2D eigenvalue weighted by atomic mass is 10.2. The van der Waals surface area contributed by atoms with Crippen LogP contribution in [0.4, 0.5) is 8.78 Å². The minimum Gasteiger partial charge on any atom is -0.497 e. The van der Waals surface area contributed by atoms with Gasteiger partial charge in [0.2, 0.25) is 0 Å². The number of halogens is 3. The van der Waals surface area contributed by atoms with E-state index in [1.165, 1.54) is 6.07 Å². The predicted octanol–water partition coefficient (Wildman–Crippen LogP) is 4.43. The Hall–Kier alpha value is -1.50. The first-order valence-corrected chi connectivity index (χ1v) is 7.49. The number of methoxy groups -OCH3 is 2. The Balaban J connectivity index is 2.04. The van der Waals surface area contributed by atoms with Gasteiger partial charge >= 0.3 is 0 Å². The van der Waals surface area contributed by atoms with E-state index in [2.05, 4.69) is 4.72 Å². The smallest absolute Gasteiger partial charge is 0.144 e. The van der Waals surface area contributed by atoms with Crippen LogP contribution in [0.1, 0.15) is 5.56 Å². The molecule has 2 rings (SSSR count). The summed E-state index contributed by atoms with van der Waals surface area (Å²) in [5, 5.41) is -0.118. The van der Waals surface area contributed by atoms with E-state index in [9.17, 15) is 8.78 Å². The Labute approximate surface area is 136 Å². The van der Waals surface area contributed by atoms with Crippen LogP contribution in [0.3, 0.4) is 0 Å². The lowest BCUT2D eigenvalue weighted by molar-refractivity contribution is 0.391. The van der Waals surface area contributed by atoms with Gasteiger partial charge in [0.05, 0.1) is 24.1 Å². The Bertz CT molecular complexity index is 670. The summed E-state index contributed by atoms with van der Waals surface area (Å²) in [6.45, 7) is 0.423. The molecule has 0 saturated carbocycles. The Morgan fingerprint density at radius 3 is 2.55 bits per heavy atom. The molecule has 0 aromatic heterocycles. The second-order valence-electron chi connectivity index (χ2n) is 4.30. The van der Waals surface area contributed by atoms with Crippen molar-refractivity contribution >= 4 is 23.5 Å². The molecule has 0 aliphatic heterocycles. The highest BCUT2D eigenvalue weighted by Crippen LogP contribution is 2.28. The summed E-state index contributed by atoms with van der Waals surface area (Å²) in [6.07, 6.45) is 0. The first-order chi connectivity index (χ1) is 10.5.